The molecule has 3 rings (SSSR count). The Balaban J connectivity index is 1.75. The number of aryl methyl sites for hydroxylation is 2. The summed E-state index contributed by atoms with van der Waals surface area (Å²) in [5.74, 6) is 1.61. The van der Waals surface area contributed by atoms with E-state index in [-0.39, 0.29) is 0 Å². The lowest BCUT2D eigenvalue weighted by Crippen LogP contribution is -2.17. The first-order valence-electron chi connectivity index (χ1n) is 7.35. The quantitative estimate of drug-likeness (QED) is 0.686. The molecule has 4 heteroatoms. The highest BCUT2D eigenvalue weighted by atomic mass is 32.1. The maximum Gasteiger partial charge on any atom is 0.226 e. The van der Waals surface area contributed by atoms with Crippen molar-refractivity contribution in [3.05, 3.63) is 63.7 Å². The molecule has 1 aromatic carbocycles. The molecule has 0 radical (unpaired) electrons. The van der Waals surface area contributed by atoms with Gasteiger partial charge in [-0.3, -0.25) is 4.90 Å². The van der Waals surface area contributed by atoms with Gasteiger partial charge in [-0.15, -0.1) is 0 Å². The number of oxazole rings is 1. The number of rotatable bonds is 5. The van der Waals surface area contributed by atoms with Gasteiger partial charge in [0.05, 0.1) is 5.69 Å². The fourth-order valence-corrected chi connectivity index (χ4v) is 3.14. The minimum absolute atomic E-state index is 0.708. The van der Waals surface area contributed by atoms with Crippen LogP contribution >= 0.6 is 11.3 Å². The van der Waals surface area contributed by atoms with E-state index in [0.29, 0.717) is 5.89 Å². The molecule has 0 atom stereocenters. The zero-order chi connectivity index (χ0) is 15.5. The number of aromatic nitrogens is 1. The van der Waals surface area contributed by atoms with Crippen molar-refractivity contribution in [3.63, 3.8) is 0 Å². The van der Waals surface area contributed by atoms with Gasteiger partial charge in [0.15, 0.2) is 0 Å². The molecule has 3 aromatic rings. The number of hydrogen-bond donors (Lipinski definition) is 0. The van der Waals surface area contributed by atoms with Gasteiger partial charge >= 0.3 is 0 Å². The Kier molecular flexibility index (Phi) is 4.41. The summed E-state index contributed by atoms with van der Waals surface area (Å²) in [7, 11) is 2.11. The van der Waals surface area contributed by atoms with E-state index < -0.39 is 0 Å². The summed E-state index contributed by atoms with van der Waals surface area (Å²) in [4.78, 5) is 6.94. The van der Waals surface area contributed by atoms with Gasteiger partial charge in [0, 0.05) is 18.7 Å². The summed E-state index contributed by atoms with van der Waals surface area (Å²) in [5, 5.41) is 4.30. The molecule has 2 heterocycles. The normalized spacial score (nSPS) is 11.3. The molecule has 0 spiro atoms. The SMILES string of the molecule is Cc1cccc(-c2nc(CN(C)Cc3ccsc3)c(C)o2)c1. The van der Waals surface area contributed by atoms with Gasteiger partial charge in [0.2, 0.25) is 5.89 Å². The second-order valence-electron chi connectivity index (χ2n) is 5.70. The van der Waals surface area contributed by atoms with Crippen molar-refractivity contribution >= 4 is 11.3 Å². The fourth-order valence-electron chi connectivity index (χ4n) is 2.48. The summed E-state index contributed by atoms with van der Waals surface area (Å²) in [6.07, 6.45) is 0. The minimum Gasteiger partial charge on any atom is -0.441 e. The monoisotopic (exact) mass is 312 g/mol. The molecule has 0 aliphatic rings. The predicted molar refractivity (Wildman–Crippen MR) is 90.9 cm³/mol. The summed E-state index contributed by atoms with van der Waals surface area (Å²) >= 11 is 1.73. The van der Waals surface area contributed by atoms with Gasteiger partial charge in [-0.1, -0.05) is 17.7 Å². The largest absolute Gasteiger partial charge is 0.441 e. The van der Waals surface area contributed by atoms with Crippen molar-refractivity contribution in [3.8, 4) is 11.5 Å². The van der Waals surface area contributed by atoms with Gasteiger partial charge in [-0.05, 0) is 55.4 Å². The summed E-state index contributed by atoms with van der Waals surface area (Å²) < 4.78 is 5.86. The molecule has 0 bridgehead atoms. The molecule has 0 saturated carbocycles. The van der Waals surface area contributed by atoms with E-state index in [1.165, 1.54) is 11.1 Å². The molecule has 114 valence electrons. The highest BCUT2D eigenvalue weighted by molar-refractivity contribution is 7.07. The molecule has 0 aliphatic carbocycles. The van der Waals surface area contributed by atoms with Crippen LogP contribution in [-0.4, -0.2) is 16.9 Å². The van der Waals surface area contributed by atoms with E-state index in [9.17, 15) is 0 Å². The Morgan fingerprint density at radius 3 is 2.77 bits per heavy atom. The number of thiophene rings is 1. The Morgan fingerprint density at radius 2 is 2.05 bits per heavy atom. The van der Waals surface area contributed by atoms with Crippen LogP contribution in [0.4, 0.5) is 0 Å². The standard InChI is InChI=1S/C18H20N2OS/c1-13-5-4-6-16(9-13)18-19-17(14(2)21-18)11-20(3)10-15-7-8-22-12-15/h4-9,12H,10-11H2,1-3H3. The molecule has 2 aromatic heterocycles. The Hall–Kier alpha value is -1.91. The highest BCUT2D eigenvalue weighted by Gasteiger charge is 2.13. The van der Waals surface area contributed by atoms with Crippen LogP contribution in [0.1, 0.15) is 22.6 Å². The van der Waals surface area contributed by atoms with Gasteiger partial charge in [0.1, 0.15) is 5.76 Å². The Bertz CT molecular complexity index is 746. The predicted octanol–water partition coefficient (Wildman–Crippen LogP) is 4.65. The lowest BCUT2D eigenvalue weighted by Gasteiger charge is -2.14. The molecule has 3 nitrogen and oxygen atoms in total. The average molecular weight is 312 g/mol. The lowest BCUT2D eigenvalue weighted by molar-refractivity contribution is 0.314. The Morgan fingerprint density at radius 1 is 1.18 bits per heavy atom. The van der Waals surface area contributed by atoms with Crippen molar-refractivity contribution in [1.29, 1.82) is 0 Å². The third kappa shape index (κ3) is 3.46. The second kappa shape index (κ2) is 6.46. The van der Waals surface area contributed by atoms with E-state index in [0.717, 1.165) is 30.1 Å². The van der Waals surface area contributed by atoms with Crippen LogP contribution in [0.25, 0.3) is 11.5 Å². The van der Waals surface area contributed by atoms with Crippen molar-refractivity contribution in [2.75, 3.05) is 7.05 Å². The van der Waals surface area contributed by atoms with Gasteiger partial charge in [-0.25, -0.2) is 4.98 Å². The number of benzene rings is 1. The van der Waals surface area contributed by atoms with Gasteiger partial charge in [-0.2, -0.15) is 11.3 Å². The first-order valence-corrected chi connectivity index (χ1v) is 8.29. The molecular weight excluding hydrogens is 292 g/mol. The van der Waals surface area contributed by atoms with Crippen LogP contribution in [0, 0.1) is 13.8 Å². The van der Waals surface area contributed by atoms with Crippen LogP contribution in [0.2, 0.25) is 0 Å². The van der Waals surface area contributed by atoms with Crippen molar-refractivity contribution in [2.45, 2.75) is 26.9 Å². The second-order valence-corrected chi connectivity index (χ2v) is 6.48. The maximum atomic E-state index is 5.86. The van der Waals surface area contributed by atoms with Crippen molar-refractivity contribution in [1.82, 2.24) is 9.88 Å². The zero-order valence-corrected chi connectivity index (χ0v) is 14.0. The molecule has 0 aliphatic heterocycles. The van der Waals surface area contributed by atoms with E-state index in [1.54, 1.807) is 11.3 Å². The third-order valence-electron chi connectivity index (χ3n) is 3.61. The molecule has 0 saturated heterocycles. The van der Waals surface area contributed by atoms with Crippen molar-refractivity contribution in [2.24, 2.45) is 0 Å². The average Bonchev–Trinajstić information content (AvgIpc) is 3.10. The summed E-state index contributed by atoms with van der Waals surface area (Å²) in [5.41, 5.74) is 4.60. The molecular formula is C18H20N2OS. The molecule has 0 N–H and O–H groups in total. The van der Waals surface area contributed by atoms with Crippen LogP contribution in [0.5, 0.6) is 0 Å². The molecule has 0 fully saturated rings. The highest BCUT2D eigenvalue weighted by Crippen LogP contribution is 2.23. The molecule has 0 amide bonds. The van der Waals surface area contributed by atoms with E-state index in [4.69, 9.17) is 4.42 Å². The van der Waals surface area contributed by atoms with Crippen LogP contribution in [-0.2, 0) is 13.1 Å². The maximum absolute atomic E-state index is 5.86. The van der Waals surface area contributed by atoms with Crippen LogP contribution in [0.15, 0.2) is 45.5 Å². The smallest absolute Gasteiger partial charge is 0.226 e. The van der Waals surface area contributed by atoms with E-state index >= 15 is 0 Å². The third-order valence-corrected chi connectivity index (χ3v) is 4.34. The fraction of sp³-hybridized carbons (Fsp3) is 0.278. The van der Waals surface area contributed by atoms with Crippen LogP contribution < -0.4 is 0 Å². The van der Waals surface area contributed by atoms with Gasteiger partial charge < -0.3 is 4.42 Å². The van der Waals surface area contributed by atoms with Crippen molar-refractivity contribution < 1.29 is 4.42 Å². The number of nitrogens with zero attached hydrogens (tertiary/aromatic N) is 2. The van der Waals surface area contributed by atoms with Gasteiger partial charge in [0.25, 0.3) is 0 Å². The zero-order valence-electron chi connectivity index (χ0n) is 13.2. The first-order chi connectivity index (χ1) is 10.6. The van der Waals surface area contributed by atoms with E-state index in [1.807, 2.05) is 19.1 Å². The molecule has 0 unspecified atom stereocenters. The topological polar surface area (TPSA) is 29.3 Å². The van der Waals surface area contributed by atoms with Crippen LogP contribution in [0.3, 0.4) is 0 Å². The minimum atomic E-state index is 0.708. The number of hydrogen-bond acceptors (Lipinski definition) is 4. The Labute approximate surface area is 135 Å². The van der Waals surface area contributed by atoms with E-state index in [2.05, 4.69) is 52.8 Å². The molecule has 22 heavy (non-hydrogen) atoms. The first kappa shape index (κ1) is 15.0. The summed E-state index contributed by atoms with van der Waals surface area (Å²) in [6.45, 7) is 5.78. The lowest BCUT2D eigenvalue weighted by atomic mass is 10.1. The summed E-state index contributed by atoms with van der Waals surface area (Å²) in [6, 6.07) is 10.4.